The van der Waals surface area contributed by atoms with Gasteiger partial charge in [0.15, 0.2) is 5.82 Å². The van der Waals surface area contributed by atoms with Crippen LogP contribution in [-0.2, 0) is 0 Å². The molecule has 1 aromatic heterocycles. The molecule has 106 valence electrons. The van der Waals surface area contributed by atoms with Gasteiger partial charge in [-0.15, -0.1) is 0 Å². The lowest BCUT2D eigenvalue weighted by atomic mass is 10.1. The summed E-state index contributed by atoms with van der Waals surface area (Å²) in [7, 11) is 1.76. The molecule has 21 heavy (non-hydrogen) atoms. The average molecular weight is 321 g/mol. The Morgan fingerprint density at radius 3 is 2.48 bits per heavy atom. The smallest absolute Gasteiger partial charge is 0.161 e. The summed E-state index contributed by atoms with van der Waals surface area (Å²) >= 11 is 11.9. The third kappa shape index (κ3) is 2.43. The van der Waals surface area contributed by atoms with Crippen LogP contribution in [0, 0.1) is 5.82 Å². The zero-order valence-electron chi connectivity index (χ0n) is 11.1. The predicted octanol–water partition coefficient (Wildman–Crippen LogP) is 5.39. The number of benzene rings is 2. The van der Waals surface area contributed by atoms with Gasteiger partial charge in [-0.25, -0.2) is 9.37 Å². The van der Waals surface area contributed by atoms with Gasteiger partial charge in [0.05, 0.1) is 21.3 Å². The van der Waals surface area contributed by atoms with E-state index in [1.807, 2.05) is 36.4 Å². The molecule has 3 aromatic rings. The molecule has 2 nitrogen and oxygen atoms in total. The number of pyridine rings is 1. The molecule has 0 bridgehead atoms. The Morgan fingerprint density at radius 1 is 1.10 bits per heavy atom. The number of hydrogen-bond donors (Lipinski definition) is 1. The van der Waals surface area contributed by atoms with Crippen molar-refractivity contribution >= 4 is 39.8 Å². The van der Waals surface area contributed by atoms with Crippen molar-refractivity contribution in [2.24, 2.45) is 0 Å². The normalized spacial score (nSPS) is 10.9. The fraction of sp³-hybridized carbons (Fsp3) is 0.0625. The number of nitrogens with zero attached hydrogens (tertiary/aromatic N) is 1. The van der Waals surface area contributed by atoms with E-state index >= 15 is 0 Å². The fourth-order valence-electron chi connectivity index (χ4n) is 2.25. The predicted molar refractivity (Wildman–Crippen MR) is 86.7 cm³/mol. The van der Waals surface area contributed by atoms with Crippen molar-refractivity contribution in [3.8, 4) is 11.3 Å². The van der Waals surface area contributed by atoms with Gasteiger partial charge in [0.1, 0.15) is 0 Å². The molecular weight excluding hydrogens is 310 g/mol. The number of rotatable bonds is 2. The summed E-state index contributed by atoms with van der Waals surface area (Å²) < 4.78 is 13.9. The highest BCUT2D eigenvalue weighted by atomic mass is 35.5. The summed E-state index contributed by atoms with van der Waals surface area (Å²) in [5, 5.41) is 3.51. The largest absolute Gasteiger partial charge is 0.387 e. The van der Waals surface area contributed by atoms with Crippen LogP contribution in [0.1, 0.15) is 0 Å². The molecule has 1 heterocycles. The van der Waals surface area contributed by atoms with Gasteiger partial charge in [-0.3, -0.25) is 0 Å². The topological polar surface area (TPSA) is 24.9 Å². The number of halogens is 3. The lowest BCUT2D eigenvalue weighted by molar-refractivity contribution is 0.630. The SMILES string of the molecule is CNc1cc(-c2ccccc2)nc2cc(Cl)c(F)c(Cl)c12. The minimum absolute atomic E-state index is 0.0195. The van der Waals surface area contributed by atoms with Gasteiger partial charge in [0.2, 0.25) is 0 Å². The quantitative estimate of drug-likeness (QED) is 0.640. The molecule has 0 aliphatic carbocycles. The molecule has 2 aromatic carbocycles. The van der Waals surface area contributed by atoms with Gasteiger partial charge >= 0.3 is 0 Å². The number of aromatic nitrogens is 1. The van der Waals surface area contributed by atoms with Crippen LogP contribution < -0.4 is 5.32 Å². The van der Waals surface area contributed by atoms with E-state index in [2.05, 4.69) is 10.3 Å². The highest BCUT2D eigenvalue weighted by Gasteiger charge is 2.16. The molecular formula is C16H11Cl2FN2. The third-order valence-corrected chi connectivity index (χ3v) is 3.90. The second kappa shape index (κ2) is 5.51. The van der Waals surface area contributed by atoms with Crippen molar-refractivity contribution in [3.63, 3.8) is 0 Å². The number of hydrogen-bond acceptors (Lipinski definition) is 2. The second-order valence-electron chi connectivity index (χ2n) is 4.55. The summed E-state index contributed by atoms with van der Waals surface area (Å²) in [5.41, 5.74) is 3.00. The molecule has 1 N–H and O–H groups in total. The number of anilines is 1. The third-order valence-electron chi connectivity index (χ3n) is 3.27. The molecule has 0 fully saturated rings. The minimum atomic E-state index is -0.628. The Kier molecular flexibility index (Phi) is 3.70. The van der Waals surface area contributed by atoms with Crippen LogP contribution in [0.4, 0.5) is 10.1 Å². The first-order valence-electron chi connectivity index (χ1n) is 6.33. The number of nitrogens with one attached hydrogen (secondary N) is 1. The molecule has 3 rings (SSSR count). The van der Waals surface area contributed by atoms with Crippen LogP contribution in [-0.4, -0.2) is 12.0 Å². The summed E-state index contributed by atoms with van der Waals surface area (Å²) in [6.07, 6.45) is 0. The van der Waals surface area contributed by atoms with Crippen molar-refractivity contribution in [2.45, 2.75) is 0 Å². The van der Waals surface area contributed by atoms with E-state index in [-0.39, 0.29) is 10.0 Å². The molecule has 0 atom stereocenters. The van der Waals surface area contributed by atoms with Crippen LogP contribution in [0.3, 0.4) is 0 Å². The van der Waals surface area contributed by atoms with Crippen molar-refractivity contribution in [3.05, 3.63) is 58.3 Å². The van der Waals surface area contributed by atoms with Gasteiger partial charge in [-0.1, -0.05) is 53.5 Å². The van der Waals surface area contributed by atoms with Crippen LogP contribution in [0.15, 0.2) is 42.5 Å². The van der Waals surface area contributed by atoms with Gasteiger partial charge in [0.25, 0.3) is 0 Å². The van der Waals surface area contributed by atoms with Crippen LogP contribution in [0.25, 0.3) is 22.2 Å². The maximum Gasteiger partial charge on any atom is 0.161 e. The van der Waals surface area contributed by atoms with E-state index in [1.165, 1.54) is 6.07 Å². The Balaban J connectivity index is 2.35. The van der Waals surface area contributed by atoms with E-state index in [9.17, 15) is 4.39 Å². The molecule has 5 heteroatoms. The van der Waals surface area contributed by atoms with E-state index in [4.69, 9.17) is 23.2 Å². The van der Waals surface area contributed by atoms with Crippen LogP contribution in [0.2, 0.25) is 10.0 Å². The minimum Gasteiger partial charge on any atom is -0.387 e. The zero-order chi connectivity index (χ0) is 15.0. The van der Waals surface area contributed by atoms with E-state index in [0.29, 0.717) is 16.6 Å². The average Bonchev–Trinajstić information content (AvgIpc) is 2.52. The van der Waals surface area contributed by atoms with E-state index < -0.39 is 5.82 Å². The maximum absolute atomic E-state index is 13.9. The fourth-order valence-corrected chi connectivity index (χ4v) is 2.80. The van der Waals surface area contributed by atoms with Crippen LogP contribution >= 0.6 is 23.2 Å². The molecule has 0 aliphatic rings. The maximum atomic E-state index is 13.9. The van der Waals surface area contributed by atoms with Crippen molar-refractivity contribution in [2.75, 3.05) is 12.4 Å². The second-order valence-corrected chi connectivity index (χ2v) is 5.34. The molecule has 0 saturated heterocycles. The molecule has 0 unspecified atom stereocenters. The Morgan fingerprint density at radius 2 is 1.81 bits per heavy atom. The Hall–Kier alpha value is -1.84. The Bertz CT molecular complexity index is 820. The number of fused-ring (bicyclic) bond motifs is 1. The van der Waals surface area contributed by atoms with Crippen molar-refractivity contribution in [1.29, 1.82) is 0 Å². The first-order chi connectivity index (χ1) is 10.1. The first-order valence-corrected chi connectivity index (χ1v) is 7.09. The van der Waals surface area contributed by atoms with Crippen LogP contribution in [0.5, 0.6) is 0 Å². The highest BCUT2D eigenvalue weighted by molar-refractivity contribution is 6.39. The van der Waals surface area contributed by atoms with Crippen molar-refractivity contribution in [1.82, 2.24) is 4.98 Å². The molecule has 0 amide bonds. The van der Waals surface area contributed by atoms with Gasteiger partial charge in [-0.05, 0) is 12.1 Å². The molecule has 0 saturated carbocycles. The lowest BCUT2D eigenvalue weighted by Gasteiger charge is -2.12. The molecule has 0 spiro atoms. The molecule has 0 aliphatic heterocycles. The summed E-state index contributed by atoms with van der Waals surface area (Å²) in [5.74, 6) is -0.628. The first kappa shape index (κ1) is 14.1. The van der Waals surface area contributed by atoms with E-state index in [1.54, 1.807) is 7.05 Å². The van der Waals surface area contributed by atoms with E-state index in [0.717, 1.165) is 11.3 Å². The van der Waals surface area contributed by atoms with Crippen molar-refractivity contribution < 1.29 is 4.39 Å². The van der Waals surface area contributed by atoms with Gasteiger partial charge < -0.3 is 5.32 Å². The lowest BCUT2D eigenvalue weighted by Crippen LogP contribution is -1.96. The molecule has 0 radical (unpaired) electrons. The standard InChI is InChI=1S/C16H11Cl2FN2/c1-20-12-8-11(9-5-3-2-4-6-9)21-13-7-10(17)16(19)15(18)14(12)13/h2-8H,1H3,(H,20,21). The summed E-state index contributed by atoms with van der Waals surface area (Å²) in [6.45, 7) is 0. The summed E-state index contributed by atoms with van der Waals surface area (Å²) in [6, 6.07) is 13.1. The van der Waals surface area contributed by atoms with Gasteiger partial charge in [0, 0.05) is 23.7 Å². The highest BCUT2D eigenvalue weighted by Crippen LogP contribution is 2.37. The zero-order valence-corrected chi connectivity index (χ0v) is 12.6. The monoisotopic (exact) mass is 320 g/mol. The Labute approximate surface area is 131 Å². The summed E-state index contributed by atoms with van der Waals surface area (Å²) in [4.78, 5) is 4.54. The van der Waals surface area contributed by atoms with Gasteiger partial charge in [-0.2, -0.15) is 0 Å².